The summed E-state index contributed by atoms with van der Waals surface area (Å²) in [5.41, 5.74) is 6.35. The van der Waals surface area contributed by atoms with Crippen LogP contribution in [0.2, 0.25) is 0 Å². The zero-order valence-electron chi connectivity index (χ0n) is 18.2. The number of hydrogen-bond acceptors (Lipinski definition) is 4. The van der Waals surface area contributed by atoms with Crippen molar-refractivity contribution in [3.05, 3.63) is 35.9 Å². The Morgan fingerprint density at radius 2 is 1.58 bits per heavy atom. The molecule has 3 atom stereocenters. The topological polar surface area (TPSA) is 130 Å². The second-order valence-electron chi connectivity index (χ2n) is 8.10. The molecule has 0 unspecified atom stereocenters. The molecule has 0 bridgehead atoms. The Balaban J connectivity index is 1.79. The van der Waals surface area contributed by atoms with E-state index in [0.717, 1.165) is 37.7 Å². The van der Waals surface area contributed by atoms with Crippen LogP contribution in [0.4, 0.5) is 0 Å². The Morgan fingerprint density at radius 1 is 0.968 bits per heavy atom. The summed E-state index contributed by atoms with van der Waals surface area (Å²) in [5, 5.41) is 7.90. The van der Waals surface area contributed by atoms with Crippen molar-refractivity contribution in [3.8, 4) is 0 Å². The van der Waals surface area contributed by atoms with Gasteiger partial charge in [0.2, 0.25) is 23.6 Å². The van der Waals surface area contributed by atoms with E-state index in [9.17, 15) is 19.2 Å². The number of carbonyl (C=O) groups excluding carboxylic acids is 4. The van der Waals surface area contributed by atoms with Crippen molar-refractivity contribution in [2.24, 2.45) is 5.73 Å². The molecule has 1 saturated heterocycles. The van der Waals surface area contributed by atoms with Crippen LogP contribution in [-0.2, 0) is 25.6 Å². The number of rotatable bonds is 13. The Bertz CT molecular complexity index is 753. The minimum Gasteiger partial charge on any atom is -0.368 e. The number of hydrogen-bond donors (Lipinski definition) is 4. The van der Waals surface area contributed by atoms with Gasteiger partial charge in [0.25, 0.3) is 0 Å². The molecule has 4 amide bonds. The van der Waals surface area contributed by atoms with Gasteiger partial charge in [-0.05, 0) is 12.0 Å². The standard InChI is InChI=1S/C23H34N4O4/c1-2-3-4-5-6-10-13-17(21(24)29)25-20(28)15-19-23(31)26-18(22(30)27-19)14-16-11-8-7-9-12-16/h7-9,11-12,17-19H,2-6,10,13-15H2,1H3,(H2,24,29)(H,25,28)(H,26,31)(H,27,30)/t17-,18+,19+/m1/s1. The van der Waals surface area contributed by atoms with Gasteiger partial charge in [-0.3, -0.25) is 19.2 Å². The zero-order chi connectivity index (χ0) is 22.6. The van der Waals surface area contributed by atoms with Crippen LogP contribution in [0.3, 0.4) is 0 Å². The van der Waals surface area contributed by atoms with Gasteiger partial charge in [0, 0.05) is 6.42 Å². The maximum Gasteiger partial charge on any atom is 0.243 e. The summed E-state index contributed by atoms with van der Waals surface area (Å²) in [5.74, 6) is -1.83. The number of benzene rings is 1. The minimum atomic E-state index is -0.970. The van der Waals surface area contributed by atoms with Crippen molar-refractivity contribution in [2.75, 3.05) is 0 Å². The summed E-state index contributed by atoms with van der Waals surface area (Å²) >= 11 is 0. The number of nitrogens with two attached hydrogens (primary N) is 1. The summed E-state index contributed by atoms with van der Waals surface area (Å²) in [4.78, 5) is 48.8. The molecule has 1 heterocycles. The highest BCUT2D eigenvalue weighted by Crippen LogP contribution is 2.11. The van der Waals surface area contributed by atoms with E-state index >= 15 is 0 Å². The number of piperazine rings is 1. The fourth-order valence-electron chi connectivity index (χ4n) is 3.67. The first-order valence-corrected chi connectivity index (χ1v) is 11.1. The molecule has 1 aliphatic heterocycles. The van der Waals surface area contributed by atoms with Crippen molar-refractivity contribution in [1.82, 2.24) is 16.0 Å². The molecule has 0 spiro atoms. The molecule has 1 aliphatic rings. The quantitative estimate of drug-likeness (QED) is 0.352. The lowest BCUT2D eigenvalue weighted by atomic mass is 10.0. The molecule has 1 fully saturated rings. The largest absolute Gasteiger partial charge is 0.368 e. The molecule has 5 N–H and O–H groups in total. The molecule has 170 valence electrons. The van der Waals surface area contributed by atoms with Gasteiger partial charge >= 0.3 is 0 Å². The van der Waals surface area contributed by atoms with Crippen molar-refractivity contribution >= 4 is 23.6 Å². The van der Waals surface area contributed by atoms with Gasteiger partial charge in [-0.1, -0.05) is 75.8 Å². The average Bonchev–Trinajstić information content (AvgIpc) is 2.74. The molecule has 0 saturated carbocycles. The summed E-state index contributed by atoms with van der Waals surface area (Å²) in [6.07, 6.45) is 6.97. The summed E-state index contributed by atoms with van der Waals surface area (Å²) in [7, 11) is 0. The van der Waals surface area contributed by atoms with Crippen LogP contribution in [0.1, 0.15) is 63.9 Å². The van der Waals surface area contributed by atoms with Crippen LogP contribution in [0.25, 0.3) is 0 Å². The Morgan fingerprint density at radius 3 is 2.26 bits per heavy atom. The highest BCUT2D eigenvalue weighted by Gasteiger charge is 2.35. The van der Waals surface area contributed by atoms with Crippen molar-refractivity contribution < 1.29 is 19.2 Å². The number of amides is 4. The highest BCUT2D eigenvalue weighted by atomic mass is 16.2. The van der Waals surface area contributed by atoms with Crippen LogP contribution in [0, 0.1) is 0 Å². The molecular weight excluding hydrogens is 396 g/mol. The number of nitrogens with one attached hydrogen (secondary N) is 3. The molecular formula is C23H34N4O4. The van der Waals surface area contributed by atoms with E-state index < -0.39 is 35.8 Å². The normalized spacial score (nSPS) is 19.3. The van der Waals surface area contributed by atoms with Crippen LogP contribution in [0.5, 0.6) is 0 Å². The lowest BCUT2D eigenvalue weighted by molar-refractivity contribution is -0.138. The molecule has 8 nitrogen and oxygen atoms in total. The Kier molecular flexibility index (Phi) is 10.00. The second-order valence-corrected chi connectivity index (χ2v) is 8.10. The molecule has 8 heteroatoms. The van der Waals surface area contributed by atoms with Gasteiger partial charge in [0.05, 0.1) is 6.42 Å². The van der Waals surface area contributed by atoms with Gasteiger partial charge in [-0.2, -0.15) is 0 Å². The summed E-state index contributed by atoms with van der Waals surface area (Å²) in [6, 6.07) is 6.95. The predicted molar refractivity (Wildman–Crippen MR) is 118 cm³/mol. The Labute approximate surface area is 183 Å². The molecule has 1 aromatic rings. The average molecular weight is 431 g/mol. The van der Waals surface area contributed by atoms with E-state index in [1.807, 2.05) is 30.3 Å². The number of carbonyl (C=O) groups is 4. The third kappa shape index (κ3) is 8.39. The molecule has 0 radical (unpaired) electrons. The molecule has 31 heavy (non-hydrogen) atoms. The first kappa shape index (κ1) is 24.4. The molecule has 2 rings (SSSR count). The fourth-order valence-corrected chi connectivity index (χ4v) is 3.67. The maximum absolute atomic E-state index is 12.4. The number of unbranched alkanes of at least 4 members (excludes halogenated alkanes) is 5. The molecule has 1 aromatic carbocycles. The lowest BCUT2D eigenvalue weighted by Gasteiger charge is -2.29. The van der Waals surface area contributed by atoms with Gasteiger partial charge in [0.15, 0.2) is 0 Å². The van der Waals surface area contributed by atoms with E-state index in [4.69, 9.17) is 5.73 Å². The summed E-state index contributed by atoms with van der Waals surface area (Å²) < 4.78 is 0. The maximum atomic E-state index is 12.4. The van der Waals surface area contributed by atoms with Crippen LogP contribution < -0.4 is 21.7 Å². The van der Waals surface area contributed by atoms with Crippen molar-refractivity contribution in [2.45, 2.75) is 82.8 Å². The smallest absolute Gasteiger partial charge is 0.243 e. The van der Waals surface area contributed by atoms with Crippen molar-refractivity contribution in [1.29, 1.82) is 0 Å². The SMILES string of the molecule is CCCCCCCC[C@@H](NC(=O)C[C@@H]1NC(=O)[C@H](Cc2ccccc2)NC1=O)C(N)=O. The van der Waals surface area contributed by atoms with E-state index in [1.165, 1.54) is 6.42 Å². The first-order valence-electron chi connectivity index (χ1n) is 11.1. The molecule has 0 aromatic heterocycles. The van der Waals surface area contributed by atoms with Crippen LogP contribution in [-0.4, -0.2) is 41.8 Å². The third-order valence-electron chi connectivity index (χ3n) is 5.46. The monoisotopic (exact) mass is 430 g/mol. The second kappa shape index (κ2) is 12.7. The van der Waals surface area contributed by atoms with E-state index in [0.29, 0.717) is 12.8 Å². The van der Waals surface area contributed by atoms with Gasteiger partial charge in [-0.25, -0.2) is 0 Å². The number of primary amides is 1. The lowest BCUT2D eigenvalue weighted by Crippen LogP contribution is -2.63. The van der Waals surface area contributed by atoms with E-state index in [1.54, 1.807) is 0 Å². The van der Waals surface area contributed by atoms with E-state index in [2.05, 4.69) is 22.9 Å². The third-order valence-corrected chi connectivity index (χ3v) is 5.46. The van der Waals surface area contributed by atoms with Crippen LogP contribution >= 0.6 is 0 Å². The zero-order valence-corrected chi connectivity index (χ0v) is 18.2. The van der Waals surface area contributed by atoms with Gasteiger partial charge in [0.1, 0.15) is 18.1 Å². The first-order chi connectivity index (χ1) is 14.9. The predicted octanol–water partition coefficient (Wildman–Crippen LogP) is 1.32. The fraction of sp³-hybridized carbons (Fsp3) is 0.565. The highest BCUT2D eigenvalue weighted by molar-refractivity contribution is 5.99. The van der Waals surface area contributed by atoms with Gasteiger partial charge in [-0.15, -0.1) is 0 Å². The van der Waals surface area contributed by atoms with Crippen molar-refractivity contribution in [3.63, 3.8) is 0 Å². The molecule has 0 aliphatic carbocycles. The van der Waals surface area contributed by atoms with Gasteiger partial charge < -0.3 is 21.7 Å². The Hall–Kier alpha value is -2.90. The van der Waals surface area contributed by atoms with Crippen LogP contribution in [0.15, 0.2) is 30.3 Å². The summed E-state index contributed by atoms with van der Waals surface area (Å²) in [6.45, 7) is 2.15. The van der Waals surface area contributed by atoms with E-state index in [-0.39, 0.29) is 12.3 Å². The minimum absolute atomic E-state index is 0.240.